The van der Waals surface area contributed by atoms with Crippen LogP contribution >= 0.6 is 0 Å². The van der Waals surface area contributed by atoms with E-state index in [4.69, 9.17) is 14.2 Å². The molecule has 2 saturated heterocycles. The highest BCUT2D eigenvalue weighted by atomic mass is 16.8. The first-order valence-corrected chi connectivity index (χ1v) is 6.05. The average molecular weight is 229 g/mol. The largest absolute Gasteiger partial charge is 0.371 e. The molecule has 0 aromatic rings. The molecule has 4 heteroatoms. The summed E-state index contributed by atoms with van der Waals surface area (Å²) >= 11 is 0. The maximum atomic E-state index is 5.93. The van der Waals surface area contributed by atoms with Gasteiger partial charge >= 0.3 is 0 Å². The average Bonchev–Trinajstić information content (AvgIpc) is 2.51. The molecule has 0 radical (unpaired) electrons. The third-order valence-corrected chi connectivity index (χ3v) is 3.14. The topological polar surface area (TPSA) is 39.7 Å². The molecule has 2 fully saturated rings. The van der Waals surface area contributed by atoms with E-state index in [9.17, 15) is 0 Å². The Bertz CT molecular complexity index is 267. The molecule has 2 aliphatic rings. The van der Waals surface area contributed by atoms with Gasteiger partial charge in [0.05, 0.1) is 12.7 Å². The van der Waals surface area contributed by atoms with Crippen molar-refractivity contribution in [1.82, 2.24) is 5.32 Å². The predicted molar refractivity (Wildman–Crippen MR) is 61.3 cm³/mol. The van der Waals surface area contributed by atoms with Crippen molar-refractivity contribution in [2.45, 2.75) is 64.3 Å². The van der Waals surface area contributed by atoms with E-state index in [-0.39, 0.29) is 17.8 Å². The Morgan fingerprint density at radius 3 is 2.62 bits per heavy atom. The fourth-order valence-corrected chi connectivity index (χ4v) is 2.53. The van der Waals surface area contributed by atoms with E-state index < -0.39 is 5.79 Å². The van der Waals surface area contributed by atoms with Crippen molar-refractivity contribution in [2.24, 2.45) is 0 Å². The highest BCUT2D eigenvalue weighted by Crippen LogP contribution is 2.42. The Balaban J connectivity index is 1.99. The monoisotopic (exact) mass is 229 g/mol. The fraction of sp³-hybridized carbons (Fsp3) is 1.00. The number of nitrogens with one attached hydrogen (secondary N) is 1. The molecular weight excluding hydrogens is 206 g/mol. The molecule has 0 bridgehead atoms. The van der Waals surface area contributed by atoms with Crippen LogP contribution in [0.1, 0.15) is 34.6 Å². The molecule has 0 aromatic heterocycles. The fourth-order valence-electron chi connectivity index (χ4n) is 2.53. The molecule has 4 nitrogen and oxygen atoms in total. The predicted octanol–water partition coefficient (Wildman–Crippen LogP) is 1.29. The highest BCUT2D eigenvalue weighted by molar-refractivity contribution is 5.02. The molecule has 0 aromatic carbocycles. The van der Waals surface area contributed by atoms with Gasteiger partial charge in [0.2, 0.25) is 0 Å². The van der Waals surface area contributed by atoms with Crippen molar-refractivity contribution in [3.63, 3.8) is 0 Å². The Morgan fingerprint density at radius 2 is 2.00 bits per heavy atom. The van der Waals surface area contributed by atoms with Crippen LogP contribution in [0.25, 0.3) is 0 Å². The van der Waals surface area contributed by atoms with Crippen molar-refractivity contribution in [2.75, 3.05) is 13.2 Å². The van der Waals surface area contributed by atoms with Crippen molar-refractivity contribution < 1.29 is 14.2 Å². The molecule has 0 spiro atoms. The van der Waals surface area contributed by atoms with Crippen LogP contribution in [0.15, 0.2) is 0 Å². The third-order valence-electron chi connectivity index (χ3n) is 3.14. The molecule has 0 saturated carbocycles. The summed E-state index contributed by atoms with van der Waals surface area (Å²) in [4.78, 5) is 0. The molecule has 3 atom stereocenters. The quantitative estimate of drug-likeness (QED) is 0.791. The van der Waals surface area contributed by atoms with Crippen LogP contribution < -0.4 is 5.32 Å². The van der Waals surface area contributed by atoms with Gasteiger partial charge in [-0.3, -0.25) is 0 Å². The van der Waals surface area contributed by atoms with E-state index in [1.165, 1.54) is 0 Å². The van der Waals surface area contributed by atoms with Crippen molar-refractivity contribution in [1.29, 1.82) is 0 Å². The van der Waals surface area contributed by atoms with Crippen LogP contribution in [-0.2, 0) is 14.2 Å². The van der Waals surface area contributed by atoms with E-state index in [2.05, 4.69) is 26.1 Å². The minimum absolute atomic E-state index is 0.0359. The van der Waals surface area contributed by atoms with E-state index in [1.54, 1.807) is 0 Å². The summed E-state index contributed by atoms with van der Waals surface area (Å²) < 4.78 is 17.6. The van der Waals surface area contributed by atoms with Gasteiger partial charge < -0.3 is 19.5 Å². The Kier molecular flexibility index (Phi) is 3.03. The maximum Gasteiger partial charge on any atom is 0.164 e. The van der Waals surface area contributed by atoms with E-state index in [1.807, 2.05) is 13.8 Å². The van der Waals surface area contributed by atoms with E-state index >= 15 is 0 Å². The van der Waals surface area contributed by atoms with Gasteiger partial charge in [-0.2, -0.15) is 0 Å². The summed E-state index contributed by atoms with van der Waals surface area (Å²) in [6.45, 7) is 11.7. The lowest BCUT2D eigenvalue weighted by atomic mass is 9.99. The van der Waals surface area contributed by atoms with Gasteiger partial charge in [0.1, 0.15) is 11.7 Å². The van der Waals surface area contributed by atoms with Crippen molar-refractivity contribution in [3.8, 4) is 0 Å². The molecule has 0 unspecified atom stereocenters. The Morgan fingerprint density at radius 1 is 1.31 bits per heavy atom. The second-order valence-electron chi connectivity index (χ2n) is 5.77. The zero-order valence-corrected chi connectivity index (χ0v) is 10.9. The van der Waals surface area contributed by atoms with Gasteiger partial charge in [-0.15, -0.1) is 0 Å². The summed E-state index contributed by atoms with van der Waals surface area (Å²) in [5.74, 6) is -0.487. The van der Waals surface area contributed by atoms with Gasteiger partial charge in [-0.1, -0.05) is 13.8 Å². The summed E-state index contributed by atoms with van der Waals surface area (Å²) in [7, 11) is 0. The van der Waals surface area contributed by atoms with Crippen LogP contribution in [0.4, 0.5) is 0 Å². The zero-order valence-electron chi connectivity index (χ0n) is 10.9. The SMILES string of the molecule is CC(C)NC[C@H]1OC[C@@]2(C)OC(C)(C)O[C@H]12. The smallest absolute Gasteiger partial charge is 0.164 e. The number of ether oxygens (including phenoxy) is 3. The minimum atomic E-state index is -0.487. The summed E-state index contributed by atoms with van der Waals surface area (Å²) in [6, 6.07) is 0.464. The van der Waals surface area contributed by atoms with E-state index in [0.29, 0.717) is 12.6 Å². The molecule has 16 heavy (non-hydrogen) atoms. The second kappa shape index (κ2) is 3.95. The normalized spacial score (nSPS) is 41.6. The summed E-state index contributed by atoms with van der Waals surface area (Å²) in [5, 5.41) is 3.38. The second-order valence-corrected chi connectivity index (χ2v) is 5.77. The van der Waals surface area contributed by atoms with Crippen LogP contribution in [0.2, 0.25) is 0 Å². The minimum Gasteiger partial charge on any atom is -0.371 e. The lowest BCUT2D eigenvalue weighted by Crippen LogP contribution is -2.43. The molecule has 2 aliphatic heterocycles. The first-order valence-electron chi connectivity index (χ1n) is 6.05. The number of hydrogen-bond donors (Lipinski definition) is 1. The maximum absolute atomic E-state index is 5.93. The highest BCUT2D eigenvalue weighted by Gasteiger charge is 2.57. The first-order chi connectivity index (χ1) is 7.32. The van der Waals surface area contributed by atoms with E-state index in [0.717, 1.165) is 6.54 Å². The number of rotatable bonds is 3. The molecule has 94 valence electrons. The van der Waals surface area contributed by atoms with Crippen LogP contribution in [0.3, 0.4) is 0 Å². The van der Waals surface area contributed by atoms with Crippen LogP contribution in [0.5, 0.6) is 0 Å². The Labute approximate surface area is 97.6 Å². The molecule has 0 aliphatic carbocycles. The summed E-state index contributed by atoms with van der Waals surface area (Å²) in [5.41, 5.74) is -0.285. The summed E-state index contributed by atoms with van der Waals surface area (Å²) in [6.07, 6.45) is 0.128. The van der Waals surface area contributed by atoms with Crippen molar-refractivity contribution >= 4 is 0 Å². The molecule has 2 rings (SSSR count). The molecule has 2 heterocycles. The number of hydrogen-bond acceptors (Lipinski definition) is 4. The Hall–Kier alpha value is -0.160. The lowest BCUT2D eigenvalue weighted by molar-refractivity contribution is -0.187. The van der Waals surface area contributed by atoms with Gasteiger partial charge in [-0.25, -0.2) is 0 Å². The van der Waals surface area contributed by atoms with Gasteiger partial charge in [0.25, 0.3) is 0 Å². The molecule has 1 N–H and O–H groups in total. The zero-order chi connectivity index (χ0) is 12.0. The molecule has 0 amide bonds. The van der Waals surface area contributed by atoms with Gasteiger partial charge in [-0.05, 0) is 20.8 Å². The third kappa shape index (κ3) is 2.25. The van der Waals surface area contributed by atoms with Gasteiger partial charge in [0.15, 0.2) is 5.79 Å². The lowest BCUT2D eigenvalue weighted by Gasteiger charge is -2.22. The van der Waals surface area contributed by atoms with Gasteiger partial charge in [0, 0.05) is 12.6 Å². The first kappa shape index (κ1) is 12.3. The molecular formula is C12H23NO3. The standard InChI is InChI=1S/C12H23NO3/c1-8(2)13-6-9-10-12(5,7-14-9)16-11(3,4)15-10/h8-10,13H,6-7H2,1-5H3/t9-,10-,12-/m1/s1. The number of fused-ring (bicyclic) bond motifs is 1. The van der Waals surface area contributed by atoms with Crippen molar-refractivity contribution in [3.05, 3.63) is 0 Å². The van der Waals surface area contributed by atoms with Crippen LogP contribution in [-0.4, -0.2) is 42.8 Å². The van der Waals surface area contributed by atoms with Crippen LogP contribution in [0, 0.1) is 0 Å².